The van der Waals surface area contributed by atoms with Crippen molar-refractivity contribution in [3.05, 3.63) is 0 Å². The van der Waals surface area contributed by atoms with Gasteiger partial charge in [-0.2, -0.15) is 11.8 Å². The maximum absolute atomic E-state index is 12.0. The Labute approximate surface area is 109 Å². The van der Waals surface area contributed by atoms with Gasteiger partial charge in [0, 0.05) is 11.8 Å². The van der Waals surface area contributed by atoms with Crippen LogP contribution in [0.15, 0.2) is 0 Å². The Kier molecular flexibility index (Phi) is 6.84. The summed E-state index contributed by atoms with van der Waals surface area (Å²) in [6.45, 7) is 3.92. The highest BCUT2D eigenvalue weighted by Gasteiger charge is 2.23. The van der Waals surface area contributed by atoms with Crippen LogP contribution < -0.4 is 10.0 Å². The molecule has 1 rings (SSSR count). The molecule has 1 aliphatic heterocycles. The molecule has 102 valence electrons. The van der Waals surface area contributed by atoms with E-state index in [1.54, 1.807) is 11.8 Å². The first kappa shape index (κ1) is 15.3. The molecule has 0 amide bonds. The van der Waals surface area contributed by atoms with Crippen LogP contribution >= 0.6 is 11.8 Å². The molecule has 1 heterocycles. The molecule has 0 aromatic carbocycles. The second-order valence-corrected chi connectivity index (χ2v) is 7.36. The second-order valence-electron chi connectivity index (χ2n) is 4.65. The van der Waals surface area contributed by atoms with Crippen molar-refractivity contribution in [2.24, 2.45) is 5.92 Å². The number of rotatable bonds is 7. The van der Waals surface area contributed by atoms with Crippen molar-refractivity contribution in [3.8, 4) is 0 Å². The van der Waals surface area contributed by atoms with Crippen LogP contribution in [0.4, 0.5) is 0 Å². The smallest absolute Gasteiger partial charge is 0.212 e. The van der Waals surface area contributed by atoms with Gasteiger partial charge in [-0.1, -0.05) is 6.92 Å². The molecule has 0 saturated carbocycles. The Morgan fingerprint density at radius 2 is 2.06 bits per heavy atom. The number of thioether (sulfide) groups is 1. The van der Waals surface area contributed by atoms with Gasteiger partial charge in [0.15, 0.2) is 0 Å². The summed E-state index contributed by atoms with van der Waals surface area (Å²) in [6, 6.07) is 0.0803. The van der Waals surface area contributed by atoms with Crippen molar-refractivity contribution in [1.29, 1.82) is 0 Å². The predicted octanol–water partition coefficient (Wildman–Crippen LogP) is 1.05. The van der Waals surface area contributed by atoms with Crippen LogP contribution in [-0.4, -0.2) is 45.3 Å². The van der Waals surface area contributed by atoms with E-state index in [9.17, 15) is 8.42 Å². The molecule has 0 aromatic heterocycles. The van der Waals surface area contributed by atoms with Gasteiger partial charge in [0.2, 0.25) is 10.0 Å². The number of hydrogen-bond acceptors (Lipinski definition) is 4. The fourth-order valence-corrected chi connectivity index (χ4v) is 4.73. The standard InChI is InChI=1S/C11H24N2O2S2/c1-3-11(8-16-2)13-17(14,15)9-10-4-6-12-7-5-10/h10-13H,3-9H2,1-2H3. The summed E-state index contributed by atoms with van der Waals surface area (Å²) in [6.07, 6.45) is 4.80. The lowest BCUT2D eigenvalue weighted by Gasteiger charge is -2.24. The molecule has 1 saturated heterocycles. The molecule has 2 N–H and O–H groups in total. The molecule has 6 heteroatoms. The molecule has 0 bridgehead atoms. The maximum atomic E-state index is 12.0. The molecule has 0 spiro atoms. The molecule has 1 atom stereocenters. The van der Waals surface area contributed by atoms with Crippen LogP contribution in [0.25, 0.3) is 0 Å². The molecule has 1 aliphatic rings. The molecular weight excluding hydrogens is 256 g/mol. The Hall–Kier alpha value is 0.220. The van der Waals surface area contributed by atoms with Gasteiger partial charge < -0.3 is 5.32 Å². The minimum absolute atomic E-state index is 0.0803. The molecular formula is C11H24N2O2S2. The number of piperidine rings is 1. The zero-order valence-electron chi connectivity index (χ0n) is 10.7. The van der Waals surface area contributed by atoms with E-state index in [-0.39, 0.29) is 6.04 Å². The third-order valence-corrected chi connectivity index (χ3v) is 5.46. The van der Waals surface area contributed by atoms with Gasteiger partial charge in [0.05, 0.1) is 5.75 Å². The third-order valence-electron chi connectivity index (χ3n) is 3.12. The fourth-order valence-electron chi connectivity index (χ4n) is 2.10. The lowest BCUT2D eigenvalue weighted by Crippen LogP contribution is -2.41. The molecule has 4 nitrogen and oxygen atoms in total. The normalized spacial score (nSPS) is 20.4. The molecule has 17 heavy (non-hydrogen) atoms. The minimum atomic E-state index is -3.11. The summed E-state index contributed by atoms with van der Waals surface area (Å²) in [5, 5.41) is 3.25. The maximum Gasteiger partial charge on any atom is 0.212 e. The van der Waals surface area contributed by atoms with Crippen molar-refractivity contribution in [1.82, 2.24) is 10.0 Å². The van der Waals surface area contributed by atoms with Gasteiger partial charge in [0.1, 0.15) is 0 Å². The van der Waals surface area contributed by atoms with Gasteiger partial charge in [-0.3, -0.25) is 0 Å². The van der Waals surface area contributed by atoms with Gasteiger partial charge in [-0.05, 0) is 44.5 Å². The summed E-state index contributed by atoms with van der Waals surface area (Å²) in [4.78, 5) is 0. The zero-order chi connectivity index (χ0) is 12.7. The van der Waals surface area contributed by atoms with Crippen LogP contribution in [0.2, 0.25) is 0 Å². The van der Waals surface area contributed by atoms with Gasteiger partial charge in [-0.25, -0.2) is 13.1 Å². The average Bonchev–Trinajstić information content (AvgIpc) is 2.29. The van der Waals surface area contributed by atoms with Crippen molar-refractivity contribution >= 4 is 21.8 Å². The third kappa shape index (κ3) is 6.08. The Bertz CT molecular complexity index is 288. The monoisotopic (exact) mass is 280 g/mol. The molecule has 1 unspecified atom stereocenters. The number of hydrogen-bond donors (Lipinski definition) is 2. The van der Waals surface area contributed by atoms with Crippen molar-refractivity contribution in [3.63, 3.8) is 0 Å². The van der Waals surface area contributed by atoms with Crippen LogP contribution in [-0.2, 0) is 10.0 Å². The van der Waals surface area contributed by atoms with E-state index >= 15 is 0 Å². The largest absolute Gasteiger partial charge is 0.317 e. The summed E-state index contributed by atoms with van der Waals surface area (Å²) in [5.41, 5.74) is 0. The topological polar surface area (TPSA) is 58.2 Å². The van der Waals surface area contributed by atoms with E-state index in [0.29, 0.717) is 11.7 Å². The van der Waals surface area contributed by atoms with Crippen LogP contribution in [0, 0.1) is 5.92 Å². The lowest BCUT2D eigenvalue weighted by atomic mass is 10.0. The van der Waals surface area contributed by atoms with Gasteiger partial charge >= 0.3 is 0 Å². The quantitative estimate of drug-likeness (QED) is 0.732. The van der Waals surface area contributed by atoms with E-state index in [0.717, 1.165) is 38.1 Å². The van der Waals surface area contributed by atoms with Crippen molar-refractivity contribution in [2.75, 3.05) is 30.9 Å². The van der Waals surface area contributed by atoms with Gasteiger partial charge in [0.25, 0.3) is 0 Å². The van der Waals surface area contributed by atoms with E-state index < -0.39 is 10.0 Å². The Morgan fingerprint density at radius 1 is 1.41 bits per heavy atom. The predicted molar refractivity (Wildman–Crippen MR) is 75.0 cm³/mol. The van der Waals surface area contributed by atoms with Gasteiger partial charge in [-0.15, -0.1) is 0 Å². The minimum Gasteiger partial charge on any atom is -0.317 e. The lowest BCUT2D eigenvalue weighted by molar-refractivity contribution is 0.399. The van der Waals surface area contributed by atoms with Crippen molar-refractivity contribution < 1.29 is 8.42 Å². The SMILES string of the molecule is CCC(CSC)NS(=O)(=O)CC1CCNCC1. The first-order chi connectivity index (χ1) is 8.07. The van der Waals surface area contributed by atoms with E-state index in [1.807, 2.05) is 13.2 Å². The molecule has 1 fully saturated rings. The summed E-state index contributed by atoms with van der Waals surface area (Å²) < 4.78 is 26.8. The molecule has 0 aromatic rings. The molecule has 0 aliphatic carbocycles. The van der Waals surface area contributed by atoms with E-state index in [1.165, 1.54) is 0 Å². The first-order valence-electron chi connectivity index (χ1n) is 6.27. The van der Waals surface area contributed by atoms with E-state index in [4.69, 9.17) is 0 Å². The highest BCUT2D eigenvalue weighted by Crippen LogP contribution is 2.14. The fraction of sp³-hybridized carbons (Fsp3) is 1.00. The summed E-state index contributed by atoms with van der Waals surface area (Å²) in [7, 11) is -3.11. The van der Waals surface area contributed by atoms with Crippen LogP contribution in [0.5, 0.6) is 0 Å². The zero-order valence-corrected chi connectivity index (χ0v) is 12.4. The highest BCUT2D eigenvalue weighted by atomic mass is 32.2. The number of nitrogens with one attached hydrogen (secondary N) is 2. The Morgan fingerprint density at radius 3 is 2.59 bits per heavy atom. The summed E-state index contributed by atoms with van der Waals surface area (Å²) >= 11 is 1.68. The Balaban J connectivity index is 2.43. The van der Waals surface area contributed by atoms with Crippen LogP contribution in [0.3, 0.4) is 0 Å². The van der Waals surface area contributed by atoms with Crippen molar-refractivity contribution in [2.45, 2.75) is 32.2 Å². The average molecular weight is 280 g/mol. The summed E-state index contributed by atoms with van der Waals surface area (Å²) in [5.74, 6) is 1.46. The number of sulfonamides is 1. The highest BCUT2D eigenvalue weighted by molar-refractivity contribution is 7.98. The molecule has 0 radical (unpaired) electrons. The first-order valence-corrected chi connectivity index (χ1v) is 9.31. The second kappa shape index (κ2) is 7.61. The van der Waals surface area contributed by atoms with E-state index in [2.05, 4.69) is 10.0 Å². The van der Waals surface area contributed by atoms with Crippen LogP contribution in [0.1, 0.15) is 26.2 Å².